The molecule has 0 radical (unpaired) electrons. The highest BCUT2D eigenvalue weighted by atomic mass is 35.5. The van der Waals surface area contributed by atoms with Gasteiger partial charge in [0.05, 0.1) is 16.9 Å². The van der Waals surface area contributed by atoms with Crippen LogP contribution in [0.15, 0.2) is 18.5 Å². The SMILES string of the molecule is NC1CC(=O)N(c2cncc(Cl)c2)C1. The normalized spacial score (nSPS) is 21.7. The lowest BCUT2D eigenvalue weighted by atomic mass is 10.3. The van der Waals surface area contributed by atoms with E-state index < -0.39 is 0 Å². The van der Waals surface area contributed by atoms with Crippen LogP contribution < -0.4 is 10.6 Å². The van der Waals surface area contributed by atoms with Crippen molar-refractivity contribution in [2.45, 2.75) is 12.5 Å². The van der Waals surface area contributed by atoms with Crippen LogP contribution in [0.25, 0.3) is 0 Å². The first-order valence-electron chi connectivity index (χ1n) is 4.33. The fourth-order valence-corrected chi connectivity index (χ4v) is 1.70. The van der Waals surface area contributed by atoms with Crippen LogP contribution in [0.2, 0.25) is 5.02 Å². The zero-order chi connectivity index (χ0) is 10.1. The van der Waals surface area contributed by atoms with Crippen LogP contribution >= 0.6 is 11.6 Å². The summed E-state index contributed by atoms with van der Waals surface area (Å²) in [5.74, 6) is 0.0292. The molecule has 1 aliphatic heterocycles. The third-order valence-electron chi connectivity index (χ3n) is 2.16. The second-order valence-corrected chi connectivity index (χ2v) is 3.77. The second kappa shape index (κ2) is 3.55. The number of rotatable bonds is 1. The Balaban J connectivity index is 2.27. The molecule has 0 bridgehead atoms. The first-order chi connectivity index (χ1) is 6.66. The van der Waals surface area contributed by atoms with Gasteiger partial charge in [0, 0.05) is 25.2 Å². The predicted molar refractivity (Wildman–Crippen MR) is 54.2 cm³/mol. The molecule has 0 aliphatic carbocycles. The summed E-state index contributed by atoms with van der Waals surface area (Å²) < 4.78 is 0. The molecule has 5 heteroatoms. The minimum absolute atomic E-state index is 0.0292. The third kappa shape index (κ3) is 1.71. The van der Waals surface area contributed by atoms with E-state index in [0.717, 1.165) is 5.69 Å². The Hall–Kier alpha value is -1.13. The van der Waals surface area contributed by atoms with Crippen molar-refractivity contribution in [1.82, 2.24) is 4.98 Å². The Morgan fingerprint density at radius 1 is 1.57 bits per heavy atom. The highest BCUT2D eigenvalue weighted by Gasteiger charge is 2.28. The van der Waals surface area contributed by atoms with Crippen LogP contribution in [0.5, 0.6) is 0 Å². The van der Waals surface area contributed by atoms with E-state index >= 15 is 0 Å². The van der Waals surface area contributed by atoms with Gasteiger partial charge in [0.1, 0.15) is 0 Å². The van der Waals surface area contributed by atoms with Crippen LogP contribution in [-0.2, 0) is 4.79 Å². The molecular weight excluding hydrogens is 202 g/mol. The van der Waals surface area contributed by atoms with Crippen LogP contribution in [-0.4, -0.2) is 23.5 Å². The summed E-state index contributed by atoms with van der Waals surface area (Å²) in [6, 6.07) is 1.63. The number of nitrogens with two attached hydrogens (primary N) is 1. The summed E-state index contributed by atoms with van der Waals surface area (Å²) in [7, 11) is 0. The van der Waals surface area contributed by atoms with Gasteiger partial charge in [0.2, 0.25) is 5.91 Å². The number of anilines is 1. The summed E-state index contributed by atoms with van der Waals surface area (Å²) in [6.07, 6.45) is 3.54. The topological polar surface area (TPSA) is 59.2 Å². The van der Waals surface area contributed by atoms with Gasteiger partial charge in [-0.2, -0.15) is 0 Å². The van der Waals surface area contributed by atoms with Gasteiger partial charge in [0.25, 0.3) is 0 Å². The van der Waals surface area contributed by atoms with Crippen LogP contribution in [0.1, 0.15) is 6.42 Å². The molecular formula is C9H10ClN3O. The van der Waals surface area contributed by atoms with Crippen LogP contribution in [0, 0.1) is 0 Å². The summed E-state index contributed by atoms with van der Waals surface area (Å²) in [6.45, 7) is 0.543. The molecule has 1 fully saturated rings. The van der Waals surface area contributed by atoms with Gasteiger partial charge in [-0.05, 0) is 6.07 Å². The summed E-state index contributed by atoms with van der Waals surface area (Å²) in [5.41, 5.74) is 6.39. The molecule has 1 aromatic heterocycles. The molecule has 2 N–H and O–H groups in total. The number of halogens is 1. The van der Waals surface area contributed by atoms with Gasteiger partial charge < -0.3 is 10.6 Å². The molecule has 1 unspecified atom stereocenters. The minimum Gasteiger partial charge on any atom is -0.326 e. The average Bonchev–Trinajstić information content (AvgIpc) is 2.45. The Morgan fingerprint density at radius 3 is 2.93 bits per heavy atom. The number of hydrogen-bond donors (Lipinski definition) is 1. The van der Waals surface area contributed by atoms with Gasteiger partial charge in [-0.3, -0.25) is 9.78 Å². The molecule has 14 heavy (non-hydrogen) atoms. The van der Waals surface area contributed by atoms with Gasteiger partial charge in [-0.1, -0.05) is 11.6 Å². The molecule has 4 nitrogen and oxygen atoms in total. The second-order valence-electron chi connectivity index (χ2n) is 3.33. The first kappa shape index (κ1) is 9.43. The van der Waals surface area contributed by atoms with Gasteiger partial charge in [-0.25, -0.2) is 0 Å². The molecule has 0 aromatic carbocycles. The molecule has 2 rings (SSSR count). The van der Waals surface area contributed by atoms with Crippen LogP contribution in [0.3, 0.4) is 0 Å². The Bertz CT molecular complexity index is 369. The maximum absolute atomic E-state index is 11.5. The molecule has 1 saturated heterocycles. The average molecular weight is 212 g/mol. The summed E-state index contributed by atoms with van der Waals surface area (Å²) in [5, 5.41) is 0.524. The smallest absolute Gasteiger partial charge is 0.228 e. The lowest BCUT2D eigenvalue weighted by molar-refractivity contribution is -0.117. The van der Waals surface area contributed by atoms with Crippen molar-refractivity contribution in [2.75, 3.05) is 11.4 Å². The largest absolute Gasteiger partial charge is 0.326 e. The summed E-state index contributed by atoms with van der Waals surface area (Å²) in [4.78, 5) is 17.0. The molecule has 2 heterocycles. The van der Waals surface area contributed by atoms with Crippen molar-refractivity contribution in [3.8, 4) is 0 Å². The quantitative estimate of drug-likeness (QED) is 0.748. The highest BCUT2D eigenvalue weighted by Crippen LogP contribution is 2.22. The van der Waals surface area contributed by atoms with E-state index in [1.54, 1.807) is 17.2 Å². The number of nitrogens with zero attached hydrogens (tertiary/aromatic N) is 2. The maximum Gasteiger partial charge on any atom is 0.228 e. The van der Waals surface area contributed by atoms with Crippen molar-refractivity contribution in [2.24, 2.45) is 5.73 Å². The van der Waals surface area contributed by atoms with Gasteiger partial charge in [0.15, 0.2) is 0 Å². The zero-order valence-corrected chi connectivity index (χ0v) is 8.24. The number of carbonyl (C=O) groups excluding carboxylic acids is 1. The lowest BCUT2D eigenvalue weighted by Crippen LogP contribution is -2.27. The van der Waals surface area contributed by atoms with Gasteiger partial charge >= 0.3 is 0 Å². The molecule has 0 saturated carbocycles. The fourth-order valence-electron chi connectivity index (χ4n) is 1.53. The van der Waals surface area contributed by atoms with Crippen molar-refractivity contribution in [3.05, 3.63) is 23.5 Å². The highest BCUT2D eigenvalue weighted by molar-refractivity contribution is 6.30. The van der Waals surface area contributed by atoms with Gasteiger partial charge in [-0.15, -0.1) is 0 Å². The molecule has 0 spiro atoms. The maximum atomic E-state index is 11.5. The van der Waals surface area contributed by atoms with E-state index in [1.807, 2.05) is 0 Å². The van der Waals surface area contributed by atoms with Crippen LogP contribution in [0.4, 0.5) is 5.69 Å². The number of pyridine rings is 1. The minimum atomic E-state index is -0.0820. The number of amides is 1. The number of carbonyl (C=O) groups is 1. The molecule has 1 amide bonds. The Morgan fingerprint density at radius 2 is 2.36 bits per heavy atom. The molecule has 74 valence electrons. The fraction of sp³-hybridized carbons (Fsp3) is 0.333. The zero-order valence-electron chi connectivity index (χ0n) is 7.48. The Kier molecular flexibility index (Phi) is 2.39. The lowest BCUT2D eigenvalue weighted by Gasteiger charge is -2.15. The van der Waals surface area contributed by atoms with E-state index in [4.69, 9.17) is 17.3 Å². The number of aromatic nitrogens is 1. The third-order valence-corrected chi connectivity index (χ3v) is 2.36. The first-order valence-corrected chi connectivity index (χ1v) is 4.71. The molecule has 1 atom stereocenters. The van der Waals surface area contributed by atoms with Crippen molar-refractivity contribution in [1.29, 1.82) is 0 Å². The van der Waals surface area contributed by atoms with Crippen molar-refractivity contribution >= 4 is 23.2 Å². The van der Waals surface area contributed by atoms with Crippen molar-refractivity contribution in [3.63, 3.8) is 0 Å². The summed E-state index contributed by atoms with van der Waals surface area (Å²) >= 11 is 5.78. The van der Waals surface area contributed by atoms with Crippen molar-refractivity contribution < 1.29 is 4.79 Å². The monoisotopic (exact) mass is 211 g/mol. The molecule has 1 aliphatic rings. The van der Waals surface area contributed by atoms with E-state index in [2.05, 4.69) is 4.98 Å². The van der Waals surface area contributed by atoms with E-state index in [0.29, 0.717) is 18.0 Å². The van der Waals surface area contributed by atoms with E-state index in [1.165, 1.54) is 6.20 Å². The number of hydrogen-bond acceptors (Lipinski definition) is 3. The molecule has 1 aromatic rings. The standard InChI is InChI=1S/C9H10ClN3O/c10-6-1-8(4-12-3-6)13-5-7(11)2-9(13)14/h1,3-4,7H,2,5,11H2. The van der Waals surface area contributed by atoms with E-state index in [9.17, 15) is 4.79 Å². The Labute approximate surface area is 86.7 Å². The predicted octanol–water partition coefficient (Wildman–Crippen LogP) is 0.799. The van der Waals surface area contributed by atoms with E-state index in [-0.39, 0.29) is 11.9 Å².